The summed E-state index contributed by atoms with van der Waals surface area (Å²) in [5, 5.41) is 22.5. The van der Waals surface area contributed by atoms with Crippen LogP contribution in [0.5, 0.6) is 0 Å². The quantitative estimate of drug-likeness (QED) is 0.289. The minimum Gasteiger partial charge on any atom is -0.387 e. The Morgan fingerprint density at radius 3 is 0.917 bits per heavy atom. The Morgan fingerprint density at radius 2 is 0.667 bits per heavy atom. The number of hydrogen-bond acceptors (Lipinski definition) is 3. The molecule has 36 heavy (non-hydrogen) atoms. The van der Waals surface area contributed by atoms with Gasteiger partial charge in [-0.25, -0.2) is 17.6 Å². The molecule has 0 aliphatic rings. The van der Waals surface area contributed by atoms with E-state index in [1.807, 2.05) is 0 Å². The summed E-state index contributed by atoms with van der Waals surface area (Å²) in [6.45, 7) is 0. The van der Waals surface area contributed by atoms with Gasteiger partial charge < -0.3 is 10.2 Å². The van der Waals surface area contributed by atoms with E-state index in [1.165, 1.54) is 48.5 Å². The van der Waals surface area contributed by atoms with Gasteiger partial charge in [-0.2, -0.15) is 0 Å². The minimum atomic E-state index is -1.48. The summed E-state index contributed by atoms with van der Waals surface area (Å²) < 4.78 is 54.3. The van der Waals surface area contributed by atoms with Gasteiger partial charge >= 0.3 is 0 Å². The third-order valence-electron chi connectivity index (χ3n) is 6.13. The van der Waals surface area contributed by atoms with Gasteiger partial charge in [-0.05, 0) is 70.8 Å². The predicted molar refractivity (Wildman–Crippen MR) is 126 cm³/mol. The van der Waals surface area contributed by atoms with Crippen molar-refractivity contribution >= 4 is 5.78 Å². The van der Waals surface area contributed by atoms with Crippen LogP contribution in [0.3, 0.4) is 0 Å². The number of ketones is 1. The average molecular weight is 494 g/mol. The first-order valence-corrected chi connectivity index (χ1v) is 11.2. The van der Waals surface area contributed by atoms with Gasteiger partial charge in [0, 0.05) is 0 Å². The Bertz CT molecular complexity index is 1200. The summed E-state index contributed by atoms with van der Waals surface area (Å²) in [5.74, 6) is -5.44. The summed E-state index contributed by atoms with van der Waals surface area (Å²) in [5.41, 5.74) is 0.981. The molecule has 184 valence electrons. The maximum absolute atomic E-state index is 14.1. The van der Waals surface area contributed by atoms with Crippen LogP contribution in [0.4, 0.5) is 17.6 Å². The Labute approximate surface area is 205 Å². The van der Waals surface area contributed by atoms with Crippen LogP contribution in [0.25, 0.3) is 0 Å². The maximum Gasteiger partial charge on any atom is 0.153 e. The molecular formula is C29H22F4O3. The molecule has 4 rings (SSSR count). The molecule has 0 amide bonds. The molecule has 4 atom stereocenters. The first-order chi connectivity index (χ1) is 17.2. The Hall–Kier alpha value is -3.81. The second-order valence-electron chi connectivity index (χ2n) is 8.45. The first kappa shape index (κ1) is 25.3. The predicted octanol–water partition coefficient (Wildman–Crippen LogP) is 6.15. The molecule has 0 aliphatic heterocycles. The second kappa shape index (κ2) is 10.8. The molecule has 2 N–H and O–H groups in total. The van der Waals surface area contributed by atoms with Gasteiger partial charge in [0.1, 0.15) is 23.3 Å². The van der Waals surface area contributed by atoms with Crippen molar-refractivity contribution in [1.29, 1.82) is 0 Å². The summed E-state index contributed by atoms with van der Waals surface area (Å²) in [6, 6.07) is 19.8. The van der Waals surface area contributed by atoms with Crippen molar-refractivity contribution in [1.82, 2.24) is 0 Å². The summed E-state index contributed by atoms with van der Waals surface area (Å²) in [6.07, 6.45) is -2.96. The zero-order chi connectivity index (χ0) is 25.8. The van der Waals surface area contributed by atoms with Crippen LogP contribution in [0.15, 0.2) is 97.1 Å². The monoisotopic (exact) mass is 494 g/mol. The van der Waals surface area contributed by atoms with Gasteiger partial charge in [0.15, 0.2) is 5.78 Å². The largest absolute Gasteiger partial charge is 0.387 e. The van der Waals surface area contributed by atoms with Crippen LogP contribution in [0, 0.1) is 23.3 Å². The molecule has 4 aromatic rings. The van der Waals surface area contributed by atoms with Gasteiger partial charge in [-0.3, -0.25) is 4.79 Å². The summed E-state index contributed by atoms with van der Waals surface area (Å²) >= 11 is 0. The molecule has 7 heteroatoms. The van der Waals surface area contributed by atoms with Gasteiger partial charge in [0.05, 0.1) is 24.0 Å². The van der Waals surface area contributed by atoms with E-state index < -0.39 is 53.1 Å². The van der Waals surface area contributed by atoms with Crippen LogP contribution < -0.4 is 0 Å². The highest BCUT2D eigenvalue weighted by Gasteiger charge is 2.39. The fraction of sp³-hybridized carbons (Fsp3) is 0.138. The number of halogens is 4. The van der Waals surface area contributed by atoms with Gasteiger partial charge in [-0.1, -0.05) is 48.5 Å². The molecule has 0 saturated heterocycles. The third-order valence-corrected chi connectivity index (χ3v) is 6.13. The average Bonchev–Trinajstić information content (AvgIpc) is 2.87. The highest BCUT2D eigenvalue weighted by Crippen LogP contribution is 2.41. The fourth-order valence-electron chi connectivity index (χ4n) is 4.24. The van der Waals surface area contributed by atoms with Crippen molar-refractivity contribution in [3.63, 3.8) is 0 Å². The Balaban J connectivity index is 1.83. The zero-order valence-corrected chi connectivity index (χ0v) is 18.9. The topological polar surface area (TPSA) is 57.5 Å². The number of hydrogen-bond donors (Lipinski definition) is 2. The molecule has 0 fully saturated rings. The molecule has 4 unspecified atom stereocenters. The van der Waals surface area contributed by atoms with Crippen LogP contribution in [0.2, 0.25) is 0 Å². The molecule has 0 saturated carbocycles. The SMILES string of the molecule is O=C(C(c1ccc(F)cc1)C(O)c1ccc(F)cc1)C(c1ccc(F)cc1)C(O)c1ccc(F)cc1. The van der Waals surface area contributed by atoms with Crippen LogP contribution >= 0.6 is 0 Å². The smallest absolute Gasteiger partial charge is 0.153 e. The van der Waals surface area contributed by atoms with Crippen LogP contribution in [0.1, 0.15) is 46.3 Å². The normalized spacial score (nSPS) is 14.6. The van der Waals surface area contributed by atoms with E-state index in [0.29, 0.717) is 0 Å². The van der Waals surface area contributed by atoms with Crippen molar-refractivity contribution in [3.05, 3.63) is 143 Å². The number of carbonyl (C=O) groups is 1. The highest BCUT2D eigenvalue weighted by molar-refractivity contribution is 5.93. The van der Waals surface area contributed by atoms with E-state index in [0.717, 1.165) is 48.5 Å². The second-order valence-corrected chi connectivity index (χ2v) is 8.45. The number of benzene rings is 4. The molecule has 4 aromatic carbocycles. The zero-order valence-electron chi connectivity index (χ0n) is 18.9. The standard InChI is InChI=1S/C29H22F4O3/c30-21-9-1-17(2-10-21)25(27(34)19-5-13-23(32)14-6-19)29(36)26(18-3-11-22(31)12-4-18)28(35)20-7-15-24(33)16-8-20/h1-16,25-28,34-35H. The minimum absolute atomic E-state index is 0.230. The molecule has 0 bridgehead atoms. The number of aliphatic hydroxyl groups is 2. The lowest BCUT2D eigenvalue weighted by atomic mass is 9.75. The molecule has 0 aliphatic carbocycles. The van der Waals surface area contributed by atoms with Gasteiger partial charge in [0.25, 0.3) is 0 Å². The molecule has 0 radical (unpaired) electrons. The lowest BCUT2D eigenvalue weighted by molar-refractivity contribution is -0.127. The lowest BCUT2D eigenvalue weighted by Crippen LogP contribution is -2.29. The molecule has 3 nitrogen and oxygen atoms in total. The molecule has 0 heterocycles. The van der Waals surface area contributed by atoms with Crippen molar-refractivity contribution < 1.29 is 32.6 Å². The number of aliphatic hydroxyl groups excluding tert-OH is 2. The van der Waals surface area contributed by atoms with E-state index in [9.17, 15) is 32.6 Å². The fourth-order valence-corrected chi connectivity index (χ4v) is 4.24. The van der Waals surface area contributed by atoms with Crippen molar-refractivity contribution in [2.45, 2.75) is 24.0 Å². The molecule has 0 aromatic heterocycles. The number of rotatable bonds is 8. The van der Waals surface area contributed by atoms with E-state index in [4.69, 9.17) is 0 Å². The molecule has 0 spiro atoms. The van der Waals surface area contributed by atoms with Crippen molar-refractivity contribution in [2.24, 2.45) is 0 Å². The first-order valence-electron chi connectivity index (χ1n) is 11.2. The Kier molecular flexibility index (Phi) is 7.62. The maximum atomic E-state index is 14.1. The van der Waals surface area contributed by atoms with Gasteiger partial charge in [-0.15, -0.1) is 0 Å². The third kappa shape index (κ3) is 5.53. The highest BCUT2D eigenvalue weighted by atomic mass is 19.1. The summed E-state index contributed by atoms with van der Waals surface area (Å²) in [7, 11) is 0. The lowest BCUT2D eigenvalue weighted by Gasteiger charge is -2.30. The van der Waals surface area contributed by atoms with Crippen LogP contribution in [-0.4, -0.2) is 16.0 Å². The van der Waals surface area contributed by atoms with E-state index in [1.54, 1.807) is 0 Å². The van der Waals surface area contributed by atoms with E-state index in [2.05, 4.69) is 0 Å². The molecular weight excluding hydrogens is 472 g/mol. The van der Waals surface area contributed by atoms with E-state index in [-0.39, 0.29) is 22.3 Å². The van der Waals surface area contributed by atoms with Crippen molar-refractivity contribution in [3.8, 4) is 0 Å². The van der Waals surface area contributed by atoms with E-state index >= 15 is 0 Å². The van der Waals surface area contributed by atoms with Crippen LogP contribution in [-0.2, 0) is 4.79 Å². The summed E-state index contributed by atoms with van der Waals surface area (Å²) in [4.78, 5) is 14.1. The number of Topliss-reactive ketones (excluding diaryl/α,β-unsaturated/α-hetero) is 1. The van der Waals surface area contributed by atoms with Gasteiger partial charge in [0.2, 0.25) is 0 Å². The Morgan fingerprint density at radius 1 is 0.444 bits per heavy atom. The van der Waals surface area contributed by atoms with Crippen molar-refractivity contribution in [2.75, 3.05) is 0 Å². The number of carbonyl (C=O) groups excluding carboxylic acids is 1.